The Morgan fingerprint density at radius 3 is 2.57 bits per heavy atom. The Labute approximate surface area is 137 Å². The van der Waals surface area contributed by atoms with E-state index in [1.165, 1.54) is 25.9 Å². The number of ether oxygens (including phenoxy) is 2. The summed E-state index contributed by atoms with van der Waals surface area (Å²) in [5.41, 5.74) is 2.07. The van der Waals surface area contributed by atoms with Gasteiger partial charge in [0.05, 0.1) is 19.4 Å². The number of aromatic nitrogens is 2. The summed E-state index contributed by atoms with van der Waals surface area (Å²) in [5.74, 6) is 1.54. The van der Waals surface area contributed by atoms with Gasteiger partial charge in [-0.25, -0.2) is 4.68 Å². The fourth-order valence-corrected chi connectivity index (χ4v) is 2.97. The van der Waals surface area contributed by atoms with Gasteiger partial charge < -0.3 is 14.4 Å². The molecule has 23 heavy (non-hydrogen) atoms. The van der Waals surface area contributed by atoms with Crippen molar-refractivity contribution >= 4 is 0 Å². The summed E-state index contributed by atoms with van der Waals surface area (Å²) in [5, 5.41) is 4.54. The number of likely N-dealkylation sites (tertiary alicyclic amines) is 1. The molecule has 124 valence electrons. The standard InChI is InChI=1S/C18H25N3O2/c1-15-14-18(23-13-5-12-20-10-3-4-11-20)19-21(15)16-6-8-17(22-2)9-7-16/h6-9,14H,3-5,10-13H2,1-2H3. The van der Waals surface area contributed by atoms with Gasteiger partial charge in [0.2, 0.25) is 5.88 Å². The van der Waals surface area contributed by atoms with Gasteiger partial charge in [0.25, 0.3) is 0 Å². The summed E-state index contributed by atoms with van der Waals surface area (Å²) in [6, 6.07) is 9.85. The number of aryl methyl sites for hydroxylation is 1. The summed E-state index contributed by atoms with van der Waals surface area (Å²) in [6.45, 7) is 6.36. The molecule has 0 radical (unpaired) electrons. The first kappa shape index (κ1) is 15.9. The molecule has 3 rings (SSSR count). The van der Waals surface area contributed by atoms with Crippen LogP contribution in [0.15, 0.2) is 30.3 Å². The maximum atomic E-state index is 5.81. The second-order valence-electron chi connectivity index (χ2n) is 5.98. The van der Waals surface area contributed by atoms with Crippen LogP contribution >= 0.6 is 0 Å². The molecule has 0 saturated carbocycles. The molecule has 0 bridgehead atoms. The van der Waals surface area contributed by atoms with Gasteiger partial charge >= 0.3 is 0 Å². The van der Waals surface area contributed by atoms with E-state index in [4.69, 9.17) is 9.47 Å². The van der Waals surface area contributed by atoms with Crippen LogP contribution < -0.4 is 9.47 Å². The van der Waals surface area contributed by atoms with Crippen molar-refractivity contribution in [3.05, 3.63) is 36.0 Å². The zero-order valence-corrected chi connectivity index (χ0v) is 14.0. The molecule has 1 aromatic carbocycles. The molecule has 0 amide bonds. The van der Waals surface area contributed by atoms with Crippen molar-refractivity contribution in [1.82, 2.24) is 14.7 Å². The summed E-state index contributed by atoms with van der Waals surface area (Å²) < 4.78 is 12.9. The molecule has 5 nitrogen and oxygen atoms in total. The van der Waals surface area contributed by atoms with Gasteiger partial charge in [-0.3, -0.25) is 0 Å². The first-order valence-electron chi connectivity index (χ1n) is 8.32. The number of rotatable bonds is 7. The molecule has 0 aliphatic carbocycles. The SMILES string of the molecule is COc1ccc(-n2nc(OCCCN3CCCC3)cc2C)cc1. The van der Waals surface area contributed by atoms with Crippen LogP contribution in [0.5, 0.6) is 11.6 Å². The third kappa shape index (κ3) is 4.05. The van der Waals surface area contributed by atoms with E-state index in [0.717, 1.165) is 36.7 Å². The average molecular weight is 315 g/mol. The van der Waals surface area contributed by atoms with Crippen LogP contribution in [0, 0.1) is 6.92 Å². The van der Waals surface area contributed by atoms with Crippen molar-refractivity contribution in [2.24, 2.45) is 0 Å². The van der Waals surface area contributed by atoms with Crippen molar-refractivity contribution < 1.29 is 9.47 Å². The monoisotopic (exact) mass is 315 g/mol. The highest BCUT2D eigenvalue weighted by molar-refractivity contribution is 5.38. The van der Waals surface area contributed by atoms with Gasteiger partial charge in [0.15, 0.2) is 0 Å². The van der Waals surface area contributed by atoms with Crippen LogP contribution in [0.3, 0.4) is 0 Å². The highest BCUT2D eigenvalue weighted by Gasteiger charge is 2.11. The topological polar surface area (TPSA) is 39.5 Å². The lowest BCUT2D eigenvalue weighted by atomic mass is 10.3. The molecule has 0 spiro atoms. The van der Waals surface area contributed by atoms with Gasteiger partial charge in [-0.15, -0.1) is 5.10 Å². The summed E-state index contributed by atoms with van der Waals surface area (Å²) >= 11 is 0. The third-order valence-corrected chi connectivity index (χ3v) is 4.25. The lowest BCUT2D eigenvalue weighted by molar-refractivity contribution is 0.256. The van der Waals surface area contributed by atoms with Crippen molar-refractivity contribution in [2.75, 3.05) is 33.4 Å². The molecule has 1 saturated heterocycles. The minimum Gasteiger partial charge on any atom is -0.497 e. The predicted octanol–water partition coefficient (Wildman–Crippen LogP) is 3.05. The van der Waals surface area contributed by atoms with Crippen LogP contribution in [0.4, 0.5) is 0 Å². The fraction of sp³-hybridized carbons (Fsp3) is 0.500. The van der Waals surface area contributed by atoms with Crippen LogP contribution in [0.25, 0.3) is 5.69 Å². The first-order valence-corrected chi connectivity index (χ1v) is 8.32. The molecular weight excluding hydrogens is 290 g/mol. The van der Waals surface area contributed by atoms with Crippen molar-refractivity contribution in [3.63, 3.8) is 0 Å². The van der Waals surface area contributed by atoms with Gasteiger partial charge in [-0.05, 0) is 63.5 Å². The quantitative estimate of drug-likeness (QED) is 0.736. The Morgan fingerprint density at radius 2 is 1.87 bits per heavy atom. The van der Waals surface area contributed by atoms with E-state index in [2.05, 4.69) is 10.00 Å². The number of hydrogen-bond acceptors (Lipinski definition) is 4. The van der Waals surface area contributed by atoms with E-state index < -0.39 is 0 Å². The van der Waals surface area contributed by atoms with Gasteiger partial charge in [0, 0.05) is 18.3 Å². The minimum absolute atomic E-state index is 0.694. The Hall–Kier alpha value is -2.01. The van der Waals surface area contributed by atoms with E-state index in [-0.39, 0.29) is 0 Å². The third-order valence-electron chi connectivity index (χ3n) is 4.25. The Bertz CT molecular complexity index is 616. The van der Waals surface area contributed by atoms with E-state index in [1.807, 2.05) is 41.9 Å². The Kier molecular flexibility index (Phi) is 5.18. The van der Waals surface area contributed by atoms with E-state index in [1.54, 1.807) is 7.11 Å². The van der Waals surface area contributed by atoms with Crippen LogP contribution in [-0.4, -0.2) is 48.0 Å². The zero-order chi connectivity index (χ0) is 16.1. The molecule has 0 N–H and O–H groups in total. The number of nitrogens with zero attached hydrogens (tertiary/aromatic N) is 3. The number of hydrogen-bond donors (Lipinski definition) is 0. The fourth-order valence-electron chi connectivity index (χ4n) is 2.97. The molecule has 1 aromatic heterocycles. The van der Waals surface area contributed by atoms with E-state index >= 15 is 0 Å². The minimum atomic E-state index is 0.694. The maximum Gasteiger partial charge on any atom is 0.233 e. The van der Waals surface area contributed by atoms with Crippen molar-refractivity contribution in [3.8, 4) is 17.3 Å². The summed E-state index contributed by atoms with van der Waals surface area (Å²) in [4.78, 5) is 2.50. The highest BCUT2D eigenvalue weighted by Crippen LogP contribution is 2.19. The van der Waals surface area contributed by atoms with Crippen LogP contribution in [0.1, 0.15) is 25.0 Å². The summed E-state index contributed by atoms with van der Waals surface area (Å²) in [6.07, 6.45) is 3.73. The van der Waals surface area contributed by atoms with Crippen molar-refractivity contribution in [2.45, 2.75) is 26.2 Å². The average Bonchev–Trinajstić information content (AvgIpc) is 3.21. The Morgan fingerprint density at radius 1 is 1.13 bits per heavy atom. The van der Waals surface area contributed by atoms with Gasteiger partial charge in [-0.1, -0.05) is 0 Å². The zero-order valence-electron chi connectivity index (χ0n) is 14.0. The second-order valence-corrected chi connectivity index (χ2v) is 5.98. The second kappa shape index (κ2) is 7.51. The molecule has 5 heteroatoms. The van der Waals surface area contributed by atoms with E-state index in [0.29, 0.717) is 5.88 Å². The van der Waals surface area contributed by atoms with E-state index in [9.17, 15) is 0 Å². The van der Waals surface area contributed by atoms with Crippen LogP contribution in [-0.2, 0) is 0 Å². The molecule has 2 heterocycles. The van der Waals surface area contributed by atoms with Crippen molar-refractivity contribution in [1.29, 1.82) is 0 Å². The molecule has 0 unspecified atom stereocenters. The smallest absolute Gasteiger partial charge is 0.233 e. The lowest BCUT2D eigenvalue weighted by Gasteiger charge is -2.13. The Balaban J connectivity index is 1.54. The molecule has 2 aromatic rings. The molecule has 1 aliphatic rings. The molecule has 0 atom stereocenters. The van der Waals surface area contributed by atoms with Crippen LogP contribution in [0.2, 0.25) is 0 Å². The normalized spacial score (nSPS) is 15.0. The number of methoxy groups -OCH3 is 1. The van der Waals surface area contributed by atoms with Gasteiger partial charge in [0.1, 0.15) is 5.75 Å². The largest absolute Gasteiger partial charge is 0.497 e. The highest BCUT2D eigenvalue weighted by atomic mass is 16.5. The summed E-state index contributed by atoms with van der Waals surface area (Å²) in [7, 11) is 1.67. The molecular formula is C18H25N3O2. The lowest BCUT2D eigenvalue weighted by Crippen LogP contribution is -2.21. The molecule has 1 fully saturated rings. The molecule has 1 aliphatic heterocycles. The first-order chi connectivity index (χ1) is 11.3. The predicted molar refractivity (Wildman–Crippen MR) is 90.6 cm³/mol. The number of benzene rings is 1. The maximum absolute atomic E-state index is 5.81. The van der Waals surface area contributed by atoms with Gasteiger partial charge in [-0.2, -0.15) is 0 Å².